The van der Waals surface area contributed by atoms with E-state index in [-0.39, 0.29) is 11.9 Å². The summed E-state index contributed by atoms with van der Waals surface area (Å²) in [6.07, 6.45) is 11.5. The zero-order valence-electron chi connectivity index (χ0n) is 22.2. The second-order valence-electron chi connectivity index (χ2n) is 11.8. The topological polar surface area (TPSA) is 57.3 Å². The minimum atomic E-state index is -0.0921. The molecule has 0 spiro atoms. The fraction of sp³-hybridized carbons (Fsp3) is 0.548. The molecule has 0 bridgehead atoms. The molecule has 2 aromatic rings. The van der Waals surface area contributed by atoms with Gasteiger partial charge in [-0.15, -0.1) is 0 Å². The Bertz CT molecular complexity index is 1070. The maximum Gasteiger partial charge on any atom is 0.237 e. The zero-order chi connectivity index (χ0) is 25.1. The van der Waals surface area contributed by atoms with E-state index >= 15 is 0 Å². The number of aromatic nitrogens is 1. The van der Waals surface area contributed by atoms with Gasteiger partial charge in [-0.3, -0.25) is 14.7 Å². The van der Waals surface area contributed by atoms with Crippen molar-refractivity contribution in [1.82, 2.24) is 20.5 Å². The summed E-state index contributed by atoms with van der Waals surface area (Å²) in [5.74, 6) is 0.145. The molecule has 2 atom stereocenters. The van der Waals surface area contributed by atoms with Crippen LogP contribution in [0.5, 0.6) is 0 Å². The number of amides is 1. The van der Waals surface area contributed by atoms with E-state index in [2.05, 4.69) is 65.6 Å². The molecular weight excluding hydrogens is 444 g/mol. The molecule has 1 fully saturated rings. The van der Waals surface area contributed by atoms with Gasteiger partial charge < -0.3 is 10.6 Å². The number of nitrogens with one attached hydrogen (secondary N) is 2. The summed E-state index contributed by atoms with van der Waals surface area (Å²) in [6.45, 7) is 9.59. The number of rotatable bonds is 8. The van der Waals surface area contributed by atoms with Crippen LogP contribution >= 0.6 is 0 Å². The smallest absolute Gasteiger partial charge is 0.237 e. The van der Waals surface area contributed by atoms with Crippen LogP contribution in [0.2, 0.25) is 0 Å². The van der Waals surface area contributed by atoms with Crippen molar-refractivity contribution in [1.29, 1.82) is 0 Å². The fourth-order valence-electron chi connectivity index (χ4n) is 6.88. The minimum absolute atomic E-state index is 0.0921. The van der Waals surface area contributed by atoms with Crippen LogP contribution in [0.15, 0.2) is 59.9 Å². The highest BCUT2D eigenvalue weighted by atomic mass is 16.2. The monoisotopic (exact) mass is 486 g/mol. The van der Waals surface area contributed by atoms with Crippen molar-refractivity contribution in [2.75, 3.05) is 13.1 Å². The summed E-state index contributed by atoms with van der Waals surface area (Å²) in [7, 11) is 0. The summed E-state index contributed by atoms with van der Waals surface area (Å²) in [5.41, 5.74) is 7.48. The maximum atomic E-state index is 13.4. The first-order valence-electron chi connectivity index (χ1n) is 13.8. The van der Waals surface area contributed by atoms with Crippen LogP contribution in [-0.2, 0) is 24.2 Å². The molecule has 1 aliphatic heterocycles. The van der Waals surface area contributed by atoms with Crippen molar-refractivity contribution in [2.45, 2.75) is 90.4 Å². The predicted molar refractivity (Wildman–Crippen MR) is 146 cm³/mol. The number of hydrogen-bond donors (Lipinski definition) is 2. The normalized spacial score (nSPS) is 24.2. The lowest BCUT2D eigenvalue weighted by Crippen LogP contribution is -2.48. The van der Waals surface area contributed by atoms with Crippen LogP contribution in [0.25, 0.3) is 0 Å². The molecule has 5 heteroatoms. The average molecular weight is 487 g/mol. The number of carbonyl (C=O) groups excluding carboxylic acids is 1. The molecule has 1 amide bonds. The SMILES string of the molecule is CC1=C(CCN[C@H]2C[C@@H](C(=O)NCc3cccnc3)N(C3Cc4ccccc4C3)C2)C(C)(C)CCC1. The lowest BCUT2D eigenvalue weighted by Gasteiger charge is -2.35. The third kappa shape index (κ3) is 5.57. The molecule has 1 aromatic carbocycles. The van der Waals surface area contributed by atoms with Gasteiger partial charge in [-0.05, 0) is 86.6 Å². The first-order valence-corrected chi connectivity index (χ1v) is 13.8. The fourth-order valence-corrected chi connectivity index (χ4v) is 6.88. The lowest BCUT2D eigenvalue weighted by molar-refractivity contribution is -0.126. The molecule has 36 heavy (non-hydrogen) atoms. The number of fused-ring (bicyclic) bond motifs is 1. The van der Waals surface area contributed by atoms with E-state index in [9.17, 15) is 4.79 Å². The third-order valence-electron chi connectivity index (χ3n) is 8.82. The molecule has 2 N–H and O–H groups in total. The van der Waals surface area contributed by atoms with Crippen molar-refractivity contribution < 1.29 is 4.79 Å². The van der Waals surface area contributed by atoms with E-state index in [1.165, 1.54) is 30.4 Å². The minimum Gasteiger partial charge on any atom is -0.351 e. The summed E-state index contributed by atoms with van der Waals surface area (Å²) in [6, 6.07) is 13.4. The van der Waals surface area contributed by atoms with Crippen LogP contribution in [-0.4, -0.2) is 47.0 Å². The highest BCUT2D eigenvalue weighted by molar-refractivity contribution is 5.82. The molecular formula is C31H42N4O. The predicted octanol–water partition coefficient (Wildman–Crippen LogP) is 4.81. The van der Waals surface area contributed by atoms with Gasteiger partial charge in [0.15, 0.2) is 0 Å². The summed E-state index contributed by atoms with van der Waals surface area (Å²) in [4.78, 5) is 20.1. The van der Waals surface area contributed by atoms with Crippen molar-refractivity contribution in [3.05, 3.63) is 76.6 Å². The number of hydrogen-bond acceptors (Lipinski definition) is 4. The van der Waals surface area contributed by atoms with Gasteiger partial charge >= 0.3 is 0 Å². The number of likely N-dealkylation sites (tertiary alicyclic amines) is 1. The Hall–Kier alpha value is -2.50. The largest absolute Gasteiger partial charge is 0.351 e. The van der Waals surface area contributed by atoms with Crippen LogP contribution in [0.1, 0.15) is 69.6 Å². The van der Waals surface area contributed by atoms with Gasteiger partial charge in [0.2, 0.25) is 5.91 Å². The Morgan fingerprint density at radius 3 is 2.61 bits per heavy atom. The van der Waals surface area contributed by atoms with Gasteiger partial charge in [-0.25, -0.2) is 0 Å². The van der Waals surface area contributed by atoms with Gasteiger partial charge in [0.05, 0.1) is 6.04 Å². The van der Waals surface area contributed by atoms with Crippen molar-refractivity contribution in [2.24, 2.45) is 5.41 Å². The molecule has 2 aliphatic carbocycles. The van der Waals surface area contributed by atoms with E-state index in [4.69, 9.17) is 0 Å². The summed E-state index contributed by atoms with van der Waals surface area (Å²) >= 11 is 0. The van der Waals surface area contributed by atoms with Gasteiger partial charge in [0, 0.05) is 37.6 Å². The van der Waals surface area contributed by atoms with E-state index in [0.717, 1.165) is 44.3 Å². The molecule has 0 unspecified atom stereocenters. The van der Waals surface area contributed by atoms with E-state index in [1.54, 1.807) is 17.3 Å². The van der Waals surface area contributed by atoms with Crippen LogP contribution in [0.4, 0.5) is 0 Å². The molecule has 5 rings (SSSR count). The molecule has 1 aromatic heterocycles. The molecule has 192 valence electrons. The number of allylic oxidation sites excluding steroid dienone is 1. The molecule has 0 radical (unpaired) electrons. The van der Waals surface area contributed by atoms with Gasteiger partial charge in [-0.1, -0.05) is 55.3 Å². The number of pyridine rings is 1. The van der Waals surface area contributed by atoms with Crippen molar-refractivity contribution in [3.63, 3.8) is 0 Å². The summed E-state index contributed by atoms with van der Waals surface area (Å²) < 4.78 is 0. The second kappa shape index (κ2) is 10.9. The molecule has 0 saturated carbocycles. The van der Waals surface area contributed by atoms with Gasteiger partial charge in [-0.2, -0.15) is 0 Å². The quantitative estimate of drug-likeness (QED) is 0.526. The van der Waals surface area contributed by atoms with E-state index in [0.29, 0.717) is 24.0 Å². The van der Waals surface area contributed by atoms with E-state index < -0.39 is 0 Å². The molecule has 2 heterocycles. The highest BCUT2D eigenvalue weighted by Crippen LogP contribution is 2.41. The molecule has 1 saturated heterocycles. The number of nitrogens with zero attached hydrogens (tertiary/aromatic N) is 2. The second-order valence-corrected chi connectivity index (χ2v) is 11.8. The average Bonchev–Trinajstić information content (AvgIpc) is 3.49. The van der Waals surface area contributed by atoms with Crippen LogP contribution in [0.3, 0.4) is 0 Å². The highest BCUT2D eigenvalue weighted by Gasteiger charge is 2.42. The van der Waals surface area contributed by atoms with Crippen LogP contribution < -0.4 is 10.6 Å². The molecule has 3 aliphatic rings. The van der Waals surface area contributed by atoms with Crippen LogP contribution in [0, 0.1) is 5.41 Å². The van der Waals surface area contributed by atoms with E-state index in [1.807, 2.05) is 18.3 Å². The Morgan fingerprint density at radius 2 is 1.92 bits per heavy atom. The third-order valence-corrected chi connectivity index (χ3v) is 8.82. The summed E-state index contributed by atoms with van der Waals surface area (Å²) in [5, 5.41) is 7.06. The number of carbonyl (C=O) groups is 1. The Balaban J connectivity index is 1.24. The van der Waals surface area contributed by atoms with Gasteiger partial charge in [0.1, 0.15) is 0 Å². The Kier molecular flexibility index (Phi) is 7.59. The number of benzene rings is 1. The first-order chi connectivity index (χ1) is 17.4. The Labute approximate surface area is 216 Å². The zero-order valence-corrected chi connectivity index (χ0v) is 22.2. The van der Waals surface area contributed by atoms with Crippen molar-refractivity contribution in [3.8, 4) is 0 Å². The maximum absolute atomic E-state index is 13.4. The standard InChI is InChI=1S/C31H42N4O/c1-22-8-6-13-31(2,3)28(22)12-15-33-26-18-29(30(36)34-20-23-9-7-14-32-19-23)35(21-26)27-16-24-10-4-5-11-25(24)17-27/h4-5,7,9-11,14,19,26-27,29,33H,6,8,12-13,15-18,20-21H2,1-3H3,(H,34,36)/t26-,29-/m0/s1. The first kappa shape index (κ1) is 25.2. The lowest BCUT2D eigenvalue weighted by atomic mass is 9.71. The van der Waals surface area contributed by atoms with Crippen molar-refractivity contribution >= 4 is 5.91 Å². The molecule has 5 nitrogen and oxygen atoms in total. The Morgan fingerprint density at radius 1 is 1.14 bits per heavy atom. The van der Waals surface area contributed by atoms with Gasteiger partial charge in [0.25, 0.3) is 0 Å².